The monoisotopic (exact) mass is 790 g/mol. The summed E-state index contributed by atoms with van der Waals surface area (Å²) in [7, 11) is 0. The lowest BCUT2D eigenvalue weighted by Crippen LogP contribution is -2.54. The molecule has 1 aliphatic heterocycles. The number of aryl methyl sites for hydroxylation is 1. The first-order chi connectivity index (χ1) is 16.2. The number of rotatable bonds is 5. The van der Waals surface area contributed by atoms with Crippen LogP contribution in [0.4, 0.5) is 10.5 Å². The average Bonchev–Trinajstić information content (AvgIpc) is 2.78. The van der Waals surface area contributed by atoms with E-state index in [9.17, 15) is 14.4 Å². The zero-order valence-electron chi connectivity index (χ0n) is 17.8. The smallest absolute Gasteiger partial charge is 0.335 e. The molecule has 1 N–H and O–H groups in total. The topological polar surface area (TPSA) is 75.7 Å². The molecule has 9 heteroatoms. The first kappa shape index (κ1) is 25.1. The number of barbiturate groups is 1. The number of anilines is 1. The summed E-state index contributed by atoms with van der Waals surface area (Å²) in [6.45, 7) is 2.34. The minimum absolute atomic E-state index is 0.112. The Morgan fingerprint density at radius 1 is 0.912 bits per heavy atom. The second-order valence-electron chi connectivity index (χ2n) is 7.52. The number of ether oxygens (including phenoxy) is 1. The van der Waals surface area contributed by atoms with Crippen LogP contribution in [0.5, 0.6) is 5.75 Å². The molecule has 0 atom stereocenters. The van der Waals surface area contributed by atoms with E-state index in [1.54, 1.807) is 24.3 Å². The van der Waals surface area contributed by atoms with Crippen LogP contribution in [0.3, 0.4) is 0 Å². The van der Waals surface area contributed by atoms with Gasteiger partial charge in [-0.15, -0.1) is 0 Å². The Kier molecular flexibility index (Phi) is 7.92. The van der Waals surface area contributed by atoms with Crippen molar-refractivity contribution in [2.45, 2.75) is 13.5 Å². The fraction of sp³-hybridized carbons (Fsp3) is 0.0800. The third-order valence-electron chi connectivity index (χ3n) is 5.02. The van der Waals surface area contributed by atoms with Crippen molar-refractivity contribution < 1.29 is 19.1 Å². The van der Waals surface area contributed by atoms with Gasteiger partial charge in [0, 0.05) is 3.57 Å². The van der Waals surface area contributed by atoms with Gasteiger partial charge in [-0.25, -0.2) is 9.69 Å². The second-order valence-corrected chi connectivity index (χ2v) is 11.1. The lowest BCUT2D eigenvalue weighted by atomic mass is 10.1. The van der Waals surface area contributed by atoms with E-state index in [1.807, 2.05) is 43.3 Å². The highest BCUT2D eigenvalue weighted by Crippen LogP contribution is 2.31. The van der Waals surface area contributed by atoms with Gasteiger partial charge in [-0.2, -0.15) is 0 Å². The number of benzene rings is 3. The van der Waals surface area contributed by atoms with Crippen LogP contribution in [0.25, 0.3) is 6.08 Å². The van der Waals surface area contributed by atoms with Crippen LogP contribution in [0.2, 0.25) is 0 Å². The van der Waals surface area contributed by atoms with Gasteiger partial charge >= 0.3 is 6.03 Å². The first-order valence-corrected chi connectivity index (χ1v) is 13.3. The molecule has 0 aromatic heterocycles. The van der Waals surface area contributed by atoms with E-state index in [2.05, 4.69) is 73.1 Å². The number of halogens is 3. The quantitative estimate of drug-likeness (QED) is 0.194. The highest BCUT2D eigenvalue weighted by molar-refractivity contribution is 14.1. The van der Waals surface area contributed by atoms with Crippen molar-refractivity contribution in [2.75, 3.05) is 4.90 Å². The molecule has 0 saturated carbocycles. The largest absolute Gasteiger partial charge is 0.487 e. The minimum Gasteiger partial charge on any atom is -0.487 e. The van der Waals surface area contributed by atoms with Gasteiger partial charge in [0.05, 0.1) is 12.8 Å². The molecule has 0 unspecified atom stereocenters. The maximum atomic E-state index is 13.1. The van der Waals surface area contributed by atoms with Crippen LogP contribution < -0.4 is 15.0 Å². The summed E-state index contributed by atoms with van der Waals surface area (Å²) in [5.74, 6) is -0.651. The van der Waals surface area contributed by atoms with Gasteiger partial charge in [-0.3, -0.25) is 14.9 Å². The molecule has 1 aliphatic rings. The van der Waals surface area contributed by atoms with Gasteiger partial charge in [0.15, 0.2) is 0 Å². The molecule has 34 heavy (non-hydrogen) atoms. The van der Waals surface area contributed by atoms with Crippen molar-refractivity contribution in [1.29, 1.82) is 0 Å². The van der Waals surface area contributed by atoms with Crippen molar-refractivity contribution in [3.63, 3.8) is 0 Å². The van der Waals surface area contributed by atoms with E-state index in [0.29, 0.717) is 17.9 Å². The van der Waals surface area contributed by atoms with Crippen molar-refractivity contribution >= 4 is 97.4 Å². The van der Waals surface area contributed by atoms with Crippen LogP contribution in [0.1, 0.15) is 16.7 Å². The first-order valence-electron chi connectivity index (χ1n) is 10.1. The highest BCUT2D eigenvalue weighted by Gasteiger charge is 2.36. The molecule has 4 rings (SSSR count). The van der Waals surface area contributed by atoms with Crippen LogP contribution in [-0.2, 0) is 16.2 Å². The average molecular weight is 790 g/mol. The lowest BCUT2D eigenvalue weighted by Gasteiger charge is -2.26. The van der Waals surface area contributed by atoms with E-state index in [1.165, 1.54) is 6.08 Å². The number of nitrogens with one attached hydrogen (secondary N) is 1. The van der Waals surface area contributed by atoms with Crippen LogP contribution >= 0.6 is 67.8 Å². The zero-order valence-corrected chi connectivity index (χ0v) is 24.2. The predicted molar refractivity (Wildman–Crippen MR) is 156 cm³/mol. The number of amides is 4. The third-order valence-corrected chi connectivity index (χ3v) is 7.34. The summed E-state index contributed by atoms with van der Waals surface area (Å²) < 4.78 is 8.89. The van der Waals surface area contributed by atoms with Crippen LogP contribution in [0.15, 0.2) is 66.2 Å². The molecule has 1 saturated heterocycles. The van der Waals surface area contributed by atoms with Crippen LogP contribution in [0, 0.1) is 17.6 Å². The molecule has 0 radical (unpaired) electrons. The predicted octanol–water partition coefficient (Wildman–Crippen LogP) is 6.05. The molecule has 3 aromatic rings. The highest BCUT2D eigenvalue weighted by atomic mass is 127. The van der Waals surface area contributed by atoms with Gasteiger partial charge < -0.3 is 4.74 Å². The number of carbonyl (C=O) groups excluding carboxylic acids is 3. The molecule has 1 heterocycles. The normalized spacial score (nSPS) is 15.0. The molecule has 1 fully saturated rings. The van der Waals surface area contributed by atoms with Crippen molar-refractivity contribution in [1.82, 2.24) is 5.32 Å². The Morgan fingerprint density at radius 2 is 1.53 bits per heavy atom. The summed E-state index contributed by atoms with van der Waals surface area (Å²) in [6, 6.07) is 18.0. The summed E-state index contributed by atoms with van der Waals surface area (Å²) in [5, 5.41) is 2.26. The fourth-order valence-electron chi connectivity index (χ4n) is 3.29. The van der Waals surface area contributed by atoms with Crippen molar-refractivity contribution in [2.24, 2.45) is 0 Å². The van der Waals surface area contributed by atoms with E-state index < -0.39 is 17.8 Å². The number of imide groups is 2. The van der Waals surface area contributed by atoms with Crippen LogP contribution in [-0.4, -0.2) is 17.8 Å². The van der Waals surface area contributed by atoms with Crippen molar-refractivity contribution in [3.05, 3.63) is 93.6 Å². The number of hydrogen-bond donors (Lipinski definition) is 1. The summed E-state index contributed by atoms with van der Waals surface area (Å²) in [4.78, 5) is 39.0. The molecule has 172 valence electrons. The third kappa shape index (κ3) is 5.62. The van der Waals surface area contributed by atoms with E-state index in [4.69, 9.17) is 4.74 Å². The summed E-state index contributed by atoms with van der Waals surface area (Å²) in [6.07, 6.45) is 1.50. The molecule has 0 aliphatic carbocycles. The molecule has 4 amide bonds. The van der Waals surface area contributed by atoms with Gasteiger partial charge in [0.1, 0.15) is 17.9 Å². The lowest BCUT2D eigenvalue weighted by molar-refractivity contribution is -0.122. The zero-order chi connectivity index (χ0) is 24.4. The fourth-order valence-corrected chi connectivity index (χ4v) is 5.78. The van der Waals surface area contributed by atoms with Crippen molar-refractivity contribution in [3.8, 4) is 5.75 Å². The van der Waals surface area contributed by atoms with Gasteiger partial charge in [-0.05, 0) is 128 Å². The molecule has 0 spiro atoms. The molecule has 0 bridgehead atoms. The molecular weight excluding hydrogens is 773 g/mol. The van der Waals surface area contributed by atoms with E-state index >= 15 is 0 Å². The Bertz CT molecular complexity index is 1300. The maximum absolute atomic E-state index is 13.1. The Hall–Kier alpha value is -2.00. The maximum Gasteiger partial charge on any atom is 0.335 e. The molecule has 6 nitrogen and oxygen atoms in total. The van der Waals surface area contributed by atoms with E-state index in [-0.39, 0.29) is 5.57 Å². The number of nitrogens with zero attached hydrogens (tertiary/aromatic N) is 1. The standard InChI is InChI=1S/C25H17I3N2O4/c1-14-2-8-18(9-3-14)30-24(32)19(23(31)29-25(30)33)10-16-11-20(27)22(21(28)12-16)34-13-15-4-6-17(26)7-5-15/h2-12H,13H2,1H3,(H,29,31,33)/b19-10+. The molecular formula is C25H17I3N2O4. The molecule has 3 aromatic carbocycles. The van der Waals surface area contributed by atoms with Gasteiger partial charge in [0.2, 0.25) is 0 Å². The Morgan fingerprint density at radius 3 is 2.15 bits per heavy atom. The number of carbonyl (C=O) groups is 3. The SMILES string of the molecule is Cc1ccc(N2C(=O)NC(=O)/C(=C\c3cc(I)c(OCc4ccc(I)cc4)c(I)c3)C2=O)cc1. The van der Waals surface area contributed by atoms with Gasteiger partial charge in [0.25, 0.3) is 11.8 Å². The number of urea groups is 1. The Labute approximate surface area is 237 Å². The van der Waals surface area contributed by atoms with E-state index in [0.717, 1.165) is 32.5 Å². The van der Waals surface area contributed by atoms with Gasteiger partial charge in [-0.1, -0.05) is 29.8 Å². The number of hydrogen-bond acceptors (Lipinski definition) is 4. The minimum atomic E-state index is -0.764. The summed E-state index contributed by atoms with van der Waals surface area (Å²) in [5.41, 5.74) is 3.00. The summed E-state index contributed by atoms with van der Waals surface area (Å²) >= 11 is 6.61. The Balaban J connectivity index is 1.60. The second kappa shape index (κ2) is 10.7.